The third-order valence-electron chi connectivity index (χ3n) is 6.48. The lowest BCUT2D eigenvalue weighted by Gasteiger charge is -2.34. The highest BCUT2D eigenvalue weighted by Gasteiger charge is 2.24. The van der Waals surface area contributed by atoms with E-state index in [0.717, 1.165) is 67.8 Å². The van der Waals surface area contributed by atoms with Crippen molar-refractivity contribution in [2.75, 3.05) is 71.3 Å². The quantitative estimate of drug-likeness (QED) is 0.400. The Balaban J connectivity index is 1.59. The smallest absolute Gasteiger partial charge is 0.228 e. The van der Waals surface area contributed by atoms with Gasteiger partial charge in [-0.3, -0.25) is 4.90 Å². The van der Waals surface area contributed by atoms with Gasteiger partial charge in [-0.15, -0.1) is 5.10 Å². The molecule has 1 fully saturated rings. The second-order valence-corrected chi connectivity index (χ2v) is 8.62. The summed E-state index contributed by atoms with van der Waals surface area (Å²) in [6.45, 7) is 5.12. The monoisotopic (exact) mass is 489 g/mol. The molecule has 10 nitrogen and oxygen atoms in total. The molecule has 0 radical (unpaired) electrons. The molecule has 0 spiro atoms. The van der Waals surface area contributed by atoms with Crippen LogP contribution in [-0.4, -0.2) is 85.3 Å². The normalized spacial score (nSPS) is 14.4. The number of ether oxygens (including phenoxy) is 3. The van der Waals surface area contributed by atoms with Crippen LogP contribution in [0.25, 0.3) is 28.0 Å². The second-order valence-electron chi connectivity index (χ2n) is 8.62. The average Bonchev–Trinajstić information content (AvgIpc) is 3.27. The van der Waals surface area contributed by atoms with Gasteiger partial charge in [-0.1, -0.05) is 12.1 Å². The van der Waals surface area contributed by atoms with E-state index < -0.39 is 0 Å². The number of benzene rings is 2. The molecule has 0 amide bonds. The molecule has 0 aliphatic carbocycles. The number of piperazine rings is 1. The Labute approximate surface area is 210 Å². The van der Waals surface area contributed by atoms with E-state index in [4.69, 9.17) is 35.0 Å². The highest BCUT2D eigenvalue weighted by Crippen LogP contribution is 2.35. The van der Waals surface area contributed by atoms with Crippen molar-refractivity contribution in [3.8, 4) is 28.4 Å². The van der Waals surface area contributed by atoms with Gasteiger partial charge in [0.15, 0.2) is 5.65 Å². The van der Waals surface area contributed by atoms with Gasteiger partial charge in [-0.05, 0) is 36.4 Å². The summed E-state index contributed by atoms with van der Waals surface area (Å²) in [5.41, 5.74) is 9.66. The number of hydrogen-bond donors (Lipinski definition) is 1. The van der Waals surface area contributed by atoms with Gasteiger partial charge >= 0.3 is 0 Å². The van der Waals surface area contributed by atoms with E-state index in [2.05, 4.69) is 9.80 Å². The van der Waals surface area contributed by atoms with Gasteiger partial charge < -0.3 is 24.8 Å². The van der Waals surface area contributed by atoms with Crippen LogP contribution in [0.2, 0.25) is 0 Å². The number of fused-ring (bicyclic) bond motifs is 1. The van der Waals surface area contributed by atoms with Gasteiger partial charge in [0.1, 0.15) is 17.3 Å². The Kier molecular flexibility index (Phi) is 6.88. The zero-order valence-corrected chi connectivity index (χ0v) is 20.8. The molecule has 1 aliphatic rings. The summed E-state index contributed by atoms with van der Waals surface area (Å²) >= 11 is 0. The van der Waals surface area contributed by atoms with Crippen LogP contribution in [0.4, 0.5) is 11.8 Å². The Morgan fingerprint density at radius 2 is 1.64 bits per heavy atom. The fourth-order valence-electron chi connectivity index (χ4n) is 4.43. The first-order chi connectivity index (χ1) is 17.6. The van der Waals surface area contributed by atoms with Crippen molar-refractivity contribution >= 4 is 22.8 Å². The van der Waals surface area contributed by atoms with Crippen LogP contribution in [0.1, 0.15) is 0 Å². The van der Waals surface area contributed by atoms with Crippen LogP contribution in [0.5, 0.6) is 11.5 Å². The molecule has 1 saturated heterocycles. The number of hydrogen-bond acceptors (Lipinski definition) is 9. The maximum Gasteiger partial charge on any atom is 0.228 e. The third kappa shape index (κ3) is 4.65. The Bertz CT molecular complexity index is 1330. The number of rotatable bonds is 8. The minimum atomic E-state index is 0.476. The summed E-state index contributed by atoms with van der Waals surface area (Å²) in [5.74, 6) is 2.63. The van der Waals surface area contributed by atoms with Crippen molar-refractivity contribution in [3.63, 3.8) is 0 Å². The number of nitrogen functional groups attached to an aromatic ring is 1. The lowest BCUT2D eigenvalue weighted by molar-refractivity contribution is 0.144. The number of anilines is 2. The molecule has 36 heavy (non-hydrogen) atoms. The standard InChI is InChI=1S/C26H31N7O3/c1-34-16-15-31-11-13-32(14-12-31)26-28-23(18-5-4-6-21(17-18)36-3)22-24(27)33(30-25(22)29-26)19-7-9-20(35-2)10-8-19/h4-10,17H,11-16,27H2,1-3H3. The lowest BCUT2D eigenvalue weighted by atomic mass is 10.1. The zero-order valence-electron chi connectivity index (χ0n) is 20.8. The molecule has 0 atom stereocenters. The first kappa shape index (κ1) is 23.8. The van der Waals surface area contributed by atoms with E-state index >= 15 is 0 Å². The van der Waals surface area contributed by atoms with Crippen LogP contribution in [-0.2, 0) is 4.74 Å². The summed E-state index contributed by atoms with van der Waals surface area (Å²) in [7, 11) is 5.02. The lowest BCUT2D eigenvalue weighted by Crippen LogP contribution is -2.47. The van der Waals surface area contributed by atoms with Gasteiger partial charge in [-0.2, -0.15) is 4.98 Å². The molecular weight excluding hydrogens is 458 g/mol. The van der Waals surface area contributed by atoms with Crippen LogP contribution < -0.4 is 20.1 Å². The maximum absolute atomic E-state index is 6.67. The molecule has 1 aliphatic heterocycles. The fourth-order valence-corrected chi connectivity index (χ4v) is 4.43. The van der Waals surface area contributed by atoms with Crippen LogP contribution in [0.3, 0.4) is 0 Å². The zero-order chi connectivity index (χ0) is 25.1. The summed E-state index contributed by atoms with van der Waals surface area (Å²) in [6.07, 6.45) is 0. The van der Waals surface area contributed by atoms with Gasteiger partial charge in [-0.25, -0.2) is 9.67 Å². The molecule has 0 saturated carbocycles. The van der Waals surface area contributed by atoms with Crippen LogP contribution in [0.15, 0.2) is 48.5 Å². The minimum absolute atomic E-state index is 0.476. The molecule has 188 valence electrons. The second kappa shape index (κ2) is 10.4. The number of methoxy groups -OCH3 is 3. The molecule has 5 rings (SSSR count). The maximum atomic E-state index is 6.67. The van der Waals surface area contributed by atoms with Gasteiger partial charge in [0.05, 0.1) is 37.6 Å². The Morgan fingerprint density at radius 1 is 0.889 bits per heavy atom. The number of nitrogens with zero attached hydrogens (tertiary/aromatic N) is 6. The molecule has 0 bridgehead atoms. The molecule has 2 aromatic heterocycles. The van der Waals surface area contributed by atoms with E-state index in [1.54, 1.807) is 26.0 Å². The van der Waals surface area contributed by atoms with E-state index in [1.807, 2.05) is 48.5 Å². The molecule has 0 unspecified atom stereocenters. The van der Waals surface area contributed by atoms with E-state index in [-0.39, 0.29) is 0 Å². The summed E-state index contributed by atoms with van der Waals surface area (Å²) < 4.78 is 17.7. The minimum Gasteiger partial charge on any atom is -0.497 e. The highest BCUT2D eigenvalue weighted by molar-refractivity contribution is 5.99. The van der Waals surface area contributed by atoms with Crippen molar-refractivity contribution in [1.82, 2.24) is 24.6 Å². The summed E-state index contributed by atoms with van der Waals surface area (Å²) in [4.78, 5) is 14.5. The van der Waals surface area contributed by atoms with Gasteiger partial charge in [0.25, 0.3) is 0 Å². The first-order valence-corrected chi connectivity index (χ1v) is 11.9. The SMILES string of the molecule is COCCN1CCN(c2nc(-c3cccc(OC)c3)c3c(N)n(-c4ccc(OC)cc4)nc3n2)CC1. The molecule has 4 aromatic rings. The summed E-state index contributed by atoms with van der Waals surface area (Å²) in [5, 5.41) is 5.50. The van der Waals surface area contributed by atoms with Crippen molar-refractivity contribution < 1.29 is 14.2 Å². The van der Waals surface area contributed by atoms with E-state index in [0.29, 0.717) is 22.8 Å². The fraction of sp³-hybridized carbons (Fsp3) is 0.346. The Morgan fingerprint density at radius 3 is 2.33 bits per heavy atom. The molecular formula is C26H31N7O3. The summed E-state index contributed by atoms with van der Waals surface area (Å²) in [6, 6.07) is 15.4. The molecule has 2 aromatic carbocycles. The predicted octanol–water partition coefficient (Wildman–Crippen LogP) is 2.85. The van der Waals surface area contributed by atoms with Crippen molar-refractivity contribution in [2.45, 2.75) is 0 Å². The predicted molar refractivity (Wildman–Crippen MR) is 140 cm³/mol. The van der Waals surface area contributed by atoms with Crippen LogP contribution in [0, 0.1) is 0 Å². The van der Waals surface area contributed by atoms with E-state index in [1.165, 1.54) is 0 Å². The van der Waals surface area contributed by atoms with Crippen molar-refractivity contribution in [1.29, 1.82) is 0 Å². The number of nitrogens with two attached hydrogens (primary N) is 1. The topological polar surface area (TPSA) is 104 Å². The molecule has 3 heterocycles. The van der Waals surface area contributed by atoms with Crippen molar-refractivity contribution in [3.05, 3.63) is 48.5 Å². The molecule has 2 N–H and O–H groups in total. The first-order valence-electron chi connectivity index (χ1n) is 11.9. The number of aromatic nitrogens is 4. The third-order valence-corrected chi connectivity index (χ3v) is 6.48. The average molecular weight is 490 g/mol. The van der Waals surface area contributed by atoms with E-state index in [9.17, 15) is 0 Å². The van der Waals surface area contributed by atoms with Gasteiger partial charge in [0, 0.05) is 45.4 Å². The Hall–Kier alpha value is -3.89. The van der Waals surface area contributed by atoms with Gasteiger partial charge in [0.2, 0.25) is 5.95 Å². The molecule has 10 heteroatoms. The largest absolute Gasteiger partial charge is 0.497 e. The van der Waals surface area contributed by atoms with Crippen LogP contribution >= 0.6 is 0 Å². The van der Waals surface area contributed by atoms with Crippen molar-refractivity contribution in [2.24, 2.45) is 0 Å². The highest BCUT2D eigenvalue weighted by atomic mass is 16.5.